The van der Waals surface area contributed by atoms with E-state index < -0.39 is 10.0 Å². The maximum absolute atomic E-state index is 14.0. The highest BCUT2D eigenvalue weighted by Gasteiger charge is 2.35. The molecule has 0 aliphatic carbocycles. The molecule has 12 heteroatoms. The number of ether oxygens (including phenoxy) is 1. The van der Waals surface area contributed by atoms with Crippen LogP contribution in [0.2, 0.25) is 0 Å². The van der Waals surface area contributed by atoms with Crippen LogP contribution in [0.15, 0.2) is 90.2 Å². The molecule has 0 radical (unpaired) electrons. The van der Waals surface area contributed by atoms with E-state index in [0.29, 0.717) is 18.7 Å². The van der Waals surface area contributed by atoms with Gasteiger partial charge >= 0.3 is 0 Å². The summed E-state index contributed by atoms with van der Waals surface area (Å²) in [6.45, 7) is 8.99. The minimum absolute atomic E-state index is 0.0614. The Morgan fingerprint density at radius 1 is 1.04 bits per heavy atom. The zero-order valence-electron chi connectivity index (χ0n) is 28.5. The van der Waals surface area contributed by atoms with Crippen molar-refractivity contribution in [1.29, 1.82) is 0 Å². The third-order valence-electron chi connectivity index (χ3n) is 9.61. The van der Waals surface area contributed by atoms with Gasteiger partial charge in [-0.05, 0) is 73.2 Å². The minimum Gasteiger partial charge on any atom is -0.472 e. The third kappa shape index (κ3) is 6.20. The molecule has 0 fully saturated rings. The van der Waals surface area contributed by atoms with Crippen LogP contribution in [0.25, 0.3) is 21.8 Å². The molecule has 6 aromatic rings. The van der Waals surface area contributed by atoms with Crippen LogP contribution in [0.3, 0.4) is 0 Å². The molecular weight excluding hydrogens is 651 g/mol. The number of benzene rings is 3. The summed E-state index contributed by atoms with van der Waals surface area (Å²) in [5, 5.41) is 13.8. The Kier molecular flexibility index (Phi) is 9.06. The van der Waals surface area contributed by atoms with Gasteiger partial charge in [0.2, 0.25) is 21.8 Å². The van der Waals surface area contributed by atoms with Crippen molar-refractivity contribution in [2.24, 2.45) is 0 Å². The van der Waals surface area contributed by atoms with Gasteiger partial charge in [-0.3, -0.25) is 9.78 Å². The van der Waals surface area contributed by atoms with E-state index in [1.165, 1.54) is 4.31 Å². The van der Waals surface area contributed by atoms with Crippen molar-refractivity contribution in [2.75, 3.05) is 11.9 Å². The van der Waals surface area contributed by atoms with Gasteiger partial charge in [0.05, 0.1) is 23.9 Å². The SMILES string of the molecule is CC[C@@H]1CN(Cc2cc(C(CC(=O)Nc3cncc4ccccc34)c3ccc4c(nnn4CC)c3C)ccc2C)S(=O)(=O)c2cccnc2O1. The van der Waals surface area contributed by atoms with Crippen molar-refractivity contribution in [3.8, 4) is 5.88 Å². The number of hydrogen-bond donors (Lipinski definition) is 1. The quantitative estimate of drug-likeness (QED) is 0.181. The van der Waals surface area contributed by atoms with Crippen LogP contribution in [0.4, 0.5) is 5.69 Å². The van der Waals surface area contributed by atoms with Crippen molar-refractivity contribution >= 4 is 43.4 Å². The molecule has 1 aliphatic heterocycles. The Morgan fingerprint density at radius 3 is 2.70 bits per heavy atom. The maximum atomic E-state index is 14.0. The van der Waals surface area contributed by atoms with Gasteiger partial charge in [0.15, 0.2) is 0 Å². The first kappa shape index (κ1) is 33.3. The molecule has 1 unspecified atom stereocenters. The average molecular weight is 690 g/mol. The van der Waals surface area contributed by atoms with Gasteiger partial charge in [-0.15, -0.1) is 5.10 Å². The summed E-state index contributed by atoms with van der Waals surface area (Å²) < 4.78 is 37.3. The molecule has 0 bridgehead atoms. The van der Waals surface area contributed by atoms with Gasteiger partial charge in [-0.25, -0.2) is 18.1 Å². The summed E-state index contributed by atoms with van der Waals surface area (Å²) in [7, 11) is -3.91. The van der Waals surface area contributed by atoms with Gasteiger partial charge in [0.1, 0.15) is 16.5 Å². The number of carbonyl (C=O) groups is 1. The summed E-state index contributed by atoms with van der Waals surface area (Å²) in [6, 6.07) is 21.1. The molecule has 0 saturated heterocycles. The number of aryl methyl sites for hydroxylation is 3. The lowest BCUT2D eigenvalue weighted by Crippen LogP contribution is -2.36. The smallest absolute Gasteiger partial charge is 0.248 e. The summed E-state index contributed by atoms with van der Waals surface area (Å²) >= 11 is 0. The van der Waals surface area contributed by atoms with E-state index in [0.717, 1.165) is 49.6 Å². The number of pyridine rings is 2. The van der Waals surface area contributed by atoms with Gasteiger partial charge in [0.25, 0.3) is 0 Å². The van der Waals surface area contributed by atoms with Crippen LogP contribution in [0, 0.1) is 13.8 Å². The zero-order chi connectivity index (χ0) is 35.0. The molecule has 1 amide bonds. The van der Waals surface area contributed by atoms with E-state index in [-0.39, 0.29) is 48.2 Å². The minimum atomic E-state index is -3.91. The normalized spacial score (nSPS) is 16.4. The van der Waals surface area contributed by atoms with Gasteiger partial charge in [-0.2, -0.15) is 4.31 Å². The molecule has 7 rings (SSSR count). The van der Waals surface area contributed by atoms with E-state index in [4.69, 9.17) is 4.74 Å². The van der Waals surface area contributed by atoms with Crippen molar-refractivity contribution in [2.45, 2.75) is 70.5 Å². The fraction of sp³-hybridized carbons (Fsp3) is 0.289. The number of rotatable bonds is 9. The van der Waals surface area contributed by atoms with E-state index >= 15 is 0 Å². The van der Waals surface area contributed by atoms with Crippen LogP contribution in [0.1, 0.15) is 60.4 Å². The van der Waals surface area contributed by atoms with Gasteiger partial charge in [0, 0.05) is 48.6 Å². The predicted molar refractivity (Wildman–Crippen MR) is 192 cm³/mol. The Hall–Kier alpha value is -5.20. The molecule has 3 aromatic heterocycles. The number of hydrogen-bond acceptors (Lipinski definition) is 8. The first-order valence-electron chi connectivity index (χ1n) is 16.8. The molecule has 0 saturated carbocycles. The van der Waals surface area contributed by atoms with E-state index in [9.17, 15) is 13.2 Å². The second-order valence-electron chi connectivity index (χ2n) is 12.7. The predicted octanol–water partition coefficient (Wildman–Crippen LogP) is 6.53. The monoisotopic (exact) mass is 689 g/mol. The highest BCUT2D eigenvalue weighted by molar-refractivity contribution is 7.89. The van der Waals surface area contributed by atoms with Crippen LogP contribution < -0.4 is 10.1 Å². The molecule has 0 spiro atoms. The highest BCUT2D eigenvalue weighted by atomic mass is 32.2. The maximum Gasteiger partial charge on any atom is 0.248 e. The number of carbonyl (C=O) groups excluding carboxylic acids is 1. The highest BCUT2D eigenvalue weighted by Crippen LogP contribution is 2.36. The second-order valence-corrected chi connectivity index (χ2v) is 14.6. The lowest BCUT2D eigenvalue weighted by atomic mass is 9.84. The summed E-state index contributed by atoms with van der Waals surface area (Å²) in [4.78, 5) is 22.6. The Morgan fingerprint density at radius 2 is 1.88 bits per heavy atom. The molecule has 256 valence electrons. The first-order valence-corrected chi connectivity index (χ1v) is 18.3. The number of sulfonamides is 1. The van der Waals surface area contributed by atoms with Crippen LogP contribution in [0.5, 0.6) is 5.88 Å². The standard InChI is InChI=1S/C38H39N7O4S/c1-5-29-23-44(50(47,48)35-12-9-17-40-38(35)49-29)22-28-18-26(14-13-24(28)3)32(30-15-16-34-37(25(30)4)42-43-45(34)6-2)19-36(46)41-33-21-39-20-27-10-7-8-11-31(27)33/h7-18,20-21,29,32H,5-6,19,22-23H2,1-4H3,(H,41,46)/t29-,32?/m1/s1. The van der Waals surface area contributed by atoms with Crippen molar-refractivity contribution in [3.63, 3.8) is 0 Å². The fourth-order valence-corrected chi connectivity index (χ4v) is 8.28. The number of aromatic nitrogens is 5. The van der Waals surface area contributed by atoms with Crippen LogP contribution in [-0.2, 0) is 27.9 Å². The molecule has 4 heterocycles. The lowest BCUT2D eigenvalue weighted by molar-refractivity contribution is -0.116. The van der Waals surface area contributed by atoms with E-state index in [2.05, 4.69) is 31.7 Å². The number of fused-ring (bicyclic) bond motifs is 3. The fourth-order valence-electron chi connectivity index (χ4n) is 6.75. The average Bonchev–Trinajstić information content (AvgIpc) is 3.51. The largest absolute Gasteiger partial charge is 0.472 e. The van der Waals surface area contributed by atoms with Crippen molar-refractivity contribution in [3.05, 3.63) is 113 Å². The Labute approximate surface area is 291 Å². The van der Waals surface area contributed by atoms with E-state index in [1.54, 1.807) is 30.7 Å². The molecular formula is C38H39N7O4S. The lowest BCUT2D eigenvalue weighted by Gasteiger charge is -2.25. The molecule has 1 N–H and O–H groups in total. The van der Waals surface area contributed by atoms with Gasteiger partial charge < -0.3 is 10.1 Å². The molecule has 2 atom stereocenters. The number of nitrogens with one attached hydrogen (secondary N) is 1. The zero-order valence-corrected chi connectivity index (χ0v) is 29.3. The summed E-state index contributed by atoms with van der Waals surface area (Å²) in [6.07, 6.45) is 5.39. The molecule has 1 aliphatic rings. The Bertz CT molecular complexity index is 2330. The second kappa shape index (κ2) is 13.6. The number of anilines is 1. The number of nitrogens with zero attached hydrogens (tertiary/aromatic N) is 6. The van der Waals surface area contributed by atoms with Crippen molar-refractivity contribution in [1.82, 2.24) is 29.3 Å². The van der Waals surface area contributed by atoms with Gasteiger partial charge in [-0.1, -0.05) is 60.7 Å². The molecule has 3 aromatic carbocycles. The van der Waals surface area contributed by atoms with Crippen molar-refractivity contribution < 1.29 is 17.9 Å². The van der Waals surface area contributed by atoms with E-state index in [1.807, 2.05) is 80.9 Å². The molecule has 50 heavy (non-hydrogen) atoms. The third-order valence-corrected chi connectivity index (χ3v) is 11.4. The number of amides is 1. The van der Waals surface area contributed by atoms with Crippen LogP contribution in [-0.4, -0.2) is 56.2 Å². The summed E-state index contributed by atoms with van der Waals surface area (Å²) in [5.74, 6) is -0.411. The molecule has 11 nitrogen and oxygen atoms in total. The summed E-state index contributed by atoms with van der Waals surface area (Å²) in [5.41, 5.74) is 6.91. The van der Waals surface area contributed by atoms with Crippen LogP contribution >= 0.6 is 0 Å². The first-order chi connectivity index (χ1) is 24.2. The topological polar surface area (TPSA) is 132 Å². The Balaban J connectivity index is 1.28.